The Labute approximate surface area is 120 Å². The third-order valence-corrected chi connectivity index (χ3v) is 3.46. The highest BCUT2D eigenvalue weighted by Gasteiger charge is 2.35. The second-order valence-corrected chi connectivity index (χ2v) is 4.94. The number of amides is 1. The van der Waals surface area contributed by atoms with Crippen molar-refractivity contribution in [2.24, 2.45) is 5.92 Å². The Hall–Kier alpha value is -1.76. The van der Waals surface area contributed by atoms with Crippen molar-refractivity contribution in [3.05, 3.63) is 23.8 Å². The molecule has 1 fully saturated rings. The van der Waals surface area contributed by atoms with Gasteiger partial charge in [0.2, 0.25) is 5.91 Å². The first-order valence-electron chi connectivity index (χ1n) is 6.68. The van der Waals surface area contributed by atoms with Gasteiger partial charge in [0, 0.05) is 6.54 Å². The number of carbonyl (C=O) groups excluding carboxylic acids is 1. The van der Waals surface area contributed by atoms with E-state index in [0.29, 0.717) is 13.0 Å². The van der Waals surface area contributed by atoms with Gasteiger partial charge in [0.25, 0.3) is 0 Å². The van der Waals surface area contributed by atoms with Gasteiger partial charge in [0.15, 0.2) is 0 Å². The quantitative estimate of drug-likeness (QED) is 0.902. The molecule has 21 heavy (non-hydrogen) atoms. The molecular formula is C14H17F3N2O2. The van der Waals surface area contributed by atoms with Gasteiger partial charge in [0.1, 0.15) is 5.75 Å². The fraction of sp³-hybridized carbons (Fsp3) is 0.500. The molecule has 0 spiro atoms. The molecule has 0 bridgehead atoms. The van der Waals surface area contributed by atoms with Gasteiger partial charge in [-0.2, -0.15) is 13.2 Å². The Morgan fingerprint density at radius 1 is 1.43 bits per heavy atom. The minimum Gasteiger partial charge on any atom is -0.497 e. The van der Waals surface area contributed by atoms with Crippen LogP contribution in [0.4, 0.5) is 18.9 Å². The molecule has 2 N–H and O–H groups in total. The second kappa shape index (κ2) is 6.34. The highest BCUT2D eigenvalue weighted by Crippen LogP contribution is 2.37. The number of halogens is 3. The molecule has 1 saturated heterocycles. The van der Waals surface area contributed by atoms with Crippen molar-refractivity contribution >= 4 is 11.6 Å². The summed E-state index contributed by atoms with van der Waals surface area (Å²) < 4.78 is 43.9. The number of benzene rings is 1. The van der Waals surface area contributed by atoms with Crippen LogP contribution < -0.4 is 15.4 Å². The number of piperidine rings is 1. The molecule has 1 amide bonds. The molecule has 7 heteroatoms. The van der Waals surface area contributed by atoms with Gasteiger partial charge < -0.3 is 15.4 Å². The molecule has 0 aromatic heterocycles. The Kier molecular flexibility index (Phi) is 4.72. The van der Waals surface area contributed by atoms with Crippen molar-refractivity contribution in [1.82, 2.24) is 5.32 Å². The van der Waals surface area contributed by atoms with E-state index < -0.39 is 17.6 Å². The normalized spacial score (nSPS) is 19.1. The highest BCUT2D eigenvalue weighted by molar-refractivity contribution is 5.93. The summed E-state index contributed by atoms with van der Waals surface area (Å²) in [4.78, 5) is 12.1. The molecule has 4 nitrogen and oxygen atoms in total. The number of methoxy groups -OCH3 is 1. The zero-order valence-corrected chi connectivity index (χ0v) is 11.6. The average molecular weight is 302 g/mol. The lowest BCUT2D eigenvalue weighted by Gasteiger charge is -2.23. The van der Waals surface area contributed by atoms with Crippen LogP contribution in [-0.2, 0) is 11.0 Å². The van der Waals surface area contributed by atoms with Gasteiger partial charge in [-0.25, -0.2) is 0 Å². The van der Waals surface area contributed by atoms with E-state index in [2.05, 4.69) is 10.6 Å². The number of anilines is 1. The molecule has 1 aromatic carbocycles. The van der Waals surface area contributed by atoms with Gasteiger partial charge >= 0.3 is 6.18 Å². The molecular weight excluding hydrogens is 285 g/mol. The van der Waals surface area contributed by atoms with Gasteiger partial charge in [-0.3, -0.25) is 4.79 Å². The van der Waals surface area contributed by atoms with Crippen LogP contribution in [0.25, 0.3) is 0 Å². The number of rotatable bonds is 3. The van der Waals surface area contributed by atoms with Gasteiger partial charge in [-0.05, 0) is 37.6 Å². The van der Waals surface area contributed by atoms with E-state index in [1.807, 2.05) is 0 Å². The highest BCUT2D eigenvalue weighted by atomic mass is 19.4. The third-order valence-electron chi connectivity index (χ3n) is 3.46. The topological polar surface area (TPSA) is 50.4 Å². The van der Waals surface area contributed by atoms with Crippen molar-refractivity contribution in [2.45, 2.75) is 19.0 Å². The number of carbonyl (C=O) groups is 1. The minimum absolute atomic E-state index is 0.0969. The smallest absolute Gasteiger partial charge is 0.418 e. The molecule has 1 aliphatic rings. The summed E-state index contributed by atoms with van der Waals surface area (Å²) in [6.45, 7) is 1.32. The van der Waals surface area contributed by atoms with E-state index in [1.165, 1.54) is 19.2 Å². The molecule has 2 rings (SSSR count). The van der Waals surface area contributed by atoms with E-state index in [-0.39, 0.29) is 17.4 Å². The second-order valence-electron chi connectivity index (χ2n) is 4.94. The predicted molar refractivity (Wildman–Crippen MR) is 72.2 cm³/mol. The van der Waals surface area contributed by atoms with E-state index in [4.69, 9.17) is 4.74 Å². The SMILES string of the molecule is COc1ccc(NC(=O)[C@@H]2CCCNC2)c(C(F)(F)F)c1. The maximum Gasteiger partial charge on any atom is 0.418 e. The first kappa shape index (κ1) is 15.6. The first-order chi connectivity index (χ1) is 9.91. The van der Waals surface area contributed by atoms with Crippen molar-refractivity contribution in [2.75, 3.05) is 25.5 Å². The van der Waals surface area contributed by atoms with Crippen molar-refractivity contribution < 1.29 is 22.7 Å². The fourth-order valence-electron chi connectivity index (χ4n) is 2.30. The van der Waals surface area contributed by atoms with Crippen molar-refractivity contribution in [3.63, 3.8) is 0 Å². The molecule has 1 heterocycles. The van der Waals surface area contributed by atoms with Gasteiger partial charge in [-0.15, -0.1) is 0 Å². The molecule has 1 aromatic rings. The number of alkyl halides is 3. The van der Waals surface area contributed by atoms with E-state index >= 15 is 0 Å². The summed E-state index contributed by atoms with van der Waals surface area (Å²) in [6.07, 6.45) is -3.04. The van der Waals surface area contributed by atoms with Crippen LogP contribution in [0, 0.1) is 5.92 Å². The Balaban J connectivity index is 2.20. The molecule has 0 radical (unpaired) electrons. The number of nitrogens with one attached hydrogen (secondary N) is 2. The Morgan fingerprint density at radius 3 is 2.76 bits per heavy atom. The van der Waals surface area contributed by atoms with E-state index in [1.54, 1.807) is 0 Å². The summed E-state index contributed by atoms with van der Waals surface area (Å²) >= 11 is 0. The average Bonchev–Trinajstić information content (AvgIpc) is 2.47. The predicted octanol–water partition coefficient (Wildman–Crippen LogP) is 2.65. The van der Waals surface area contributed by atoms with Crippen molar-refractivity contribution in [3.8, 4) is 5.75 Å². The van der Waals surface area contributed by atoms with E-state index in [0.717, 1.165) is 19.0 Å². The van der Waals surface area contributed by atoms with E-state index in [9.17, 15) is 18.0 Å². The molecule has 1 atom stereocenters. The fourth-order valence-corrected chi connectivity index (χ4v) is 2.30. The van der Waals surface area contributed by atoms with Gasteiger partial charge in [-0.1, -0.05) is 0 Å². The number of hydrogen-bond acceptors (Lipinski definition) is 3. The Morgan fingerprint density at radius 2 is 2.19 bits per heavy atom. The number of ether oxygens (including phenoxy) is 1. The van der Waals surface area contributed by atoms with Crippen molar-refractivity contribution in [1.29, 1.82) is 0 Å². The monoisotopic (exact) mass is 302 g/mol. The zero-order chi connectivity index (χ0) is 15.5. The molecule has 0 unspecified atom stereocenters. The van der Waals surface area contributed by atoms with Crippen LogP contribution in [-0.4, -0.2) is 26.1 Å². The van der Waals surface area contributed by atoms with Crippen LogP contribution in [0.2, 0.25) is 0 Å². The molecule has 1 aliphatic heterocycles. The summed E-state index contributed by atoms with van der Waals surface area (Å²) in [7, 11) is 1.29. The van der Waals surface area contributed by atoms with Crippen LogP contribution in [0.5, 0.6) is 5.75 Å². The minimum atomic E-state index is -4.55. The maximum atomic E-state index is 13.0. The molecule has 116 valence electrons. The van der Waals surface area contributed by atoms with Crippen LogP contribution in [0.15, 0.2) is 18.2 Å². The largest absolute Gasteiger partial charge is 0.497 e. The first-order valence-corrected chi connectivity index (χ1v) is 6.68. The van der Waals surface area contributed by atoms with Gasteiger partial charge in [0.05, 0.1) is 24.3 Å². The van der Waals surface area contributed by atoms with Crippen LogP contribution >= 0.6 is 0 Å². The lowest BCUT2D eigenvalue weighted by molar-refractivity contribution is -0.137. The standard InChI is InChI=1S/C14H17F3N2O2/c1-21-10-4-5-12(11(7-10)14(15,16)17)19-13(20)9-3-2-6-18-8-9/h4-5,7,9,18H,2-3,6,8H2,1H3,(H,19,20)/t9-/m1/s1. The molecule has 0 aliphatic carbocycles. The zero-order valence-electron chi connectivity index (χ0n) is 11.6. The summed E-state index contributed by atoms with van der Waals surface area (Å²) in [6, 6.07) is 3.49. The summed E-state index contributed by atoms with van der Waals surface area (Å²) in [5.41, 5.74) is -1.14. The summed E-state index contributed by atoms with van der Waals surface area (Å²) in [5, 5.41) is 5.45. The lowest BCUT2D eigenvalue weighted by Crippen LogP contribution is -2.37. The lowest BCUT2D eigenvalue weighted by atomic mass is 9.98. The number of hydrogen-bond donors (Lipinski definition) is 2. The molecule has 0 saturated carbocycles. The van der Waals surface area contributed by atoms with Crippen LogP contribution in [0.3, 0.4) is 0 Å². The Bertz CT molecular complexity index is 511. The van der Waals surface area contributed by atoms with Crippen LogP contribution in [0.1, 0.15) is 18.4 Å². The maximum absolute atomic E-state index is 13.0. The summed E-state index contributed by atoms with van der Waals surface area (Å²) in [5.74, 6) is -0.598. The third kappa shape index (κ3) is 3.87.